The van der Waals surface area contributed by atoms with Crippen molar-refractivity contribution in [2.24, 2.45) is 0 Å². The monoisotopic (exact) mass is 289 g/mol. The highest BCUT2D eigenvalue weighted by molar-refractivity contribution is 7.92. The largest absolute Gasteiger partial charge is 0.276 e. The summed E-state index contributed by atoms with van der Waals surface area (Å²) in [7, 11) is -3.67. The summed E-state index contributed by atoms with van der Waals surface area (Å²) in [5, 5.41) is 4.09. The minimum Gasteiger partial charge on any atom is -0.276 e. The van der Waals surface area contributed by atoms with Gasteiger partial charge in [-0.2, -0.15) is 5.10 Å². The van der Waals surface area contributed by atoms with Crippen LogP contribution < -0.4 is 4.72 Å². The van der Waals surface area contributed by atoms with Crippen LogP contribution in [0.4, 0.5) is 5.69 Å². The Morgan fingerprint density at radius 1 is 1.25 bits per heavy atom. The molecule has 0 atom stereocenters. The molecule has 1 N–H and O–H groups in total. The van der Waals surface area contributed by atoms with Crippen molar-refractivity contribution in [1.82, 2.24) is 19.6 Å². The zero-order valence-electron chi connectivity index (χ0n) is 10.6. The van der Waals surface area contributed by atoms with E-state index in [1.807, 2.05) is 6.92 Å². The van der Waals surface area contributed by atoms with Crippen molar-refractivity contribution in [3.8, 4) is 0 Å². The molecule has 7 nitrogen and oxygen atoms in total. The molecule has 102 valence electrons. The molecular formula is C12H11N5O2S. The molecule has 0 bridgehead atoms. The van der Waals surface area contributed by atoms with Gasteiger partial charge in [0.1, 0.15) is 4.90 Å². The third-order valence-corrected chi connectivity index (χ3v) is 4.10. The Kier molecular flexibility index (Phi) is 2.87. The molecule has 0 amide bonds. The summed E-state index contributed by atoms with van der Waals surface area (Å²) in [6, 6.07) is 3.03. The van der Waals surface area contributed by atoms with Crippen LogP contribution in [0.5, 0.6) is 0 Å². The molecule has 0 aliphatic rings. The van der Waals surface area contributed by atoms with Gasteiger partial charge in [-0.05, 0) is 19.1 Å². The minimum absolute atomic E-state index is 0.0942. The summed E-state index contributed by atoms with van der Waals surface area (Å²) in [5.41, 5.74) is 1.95. The Bertz CT molecular complexity index is 858. The van der Waals surface area contributed by atoms with Gasteiger partial charge in [0.05, 0.1) is 24.3 Å². The van der Waals surface area contributed by atoms with Crippen molar-refractivity contribution in [3.05, 3.63) is 48.7 Å². The number of nitrogens with one attached hydrogen (secondary N) is 1. The van der Waals surface area contributed by atoms with Crippen LogP contribution in [0.2, 0.25) is 0 Å². The van der Waals surface area contributed by atoms with Crippen LogP contribution in [0.15, 0.2) is 48.0 Å². The second kappa shape index (κ2) is 4.57. The number of aromatic nitrogens is 4. The zero-order valence-corrected chi connectivity index (χ0v) is 11.4. The molecular weight excluding hydrogens is 278 g/mol. The van der Waals surface area contributed by atoms with E-state index in [0.717, 1.165) is 5.56 Å². The van der Waals surface area contributed by atoms with E-state index in [0.29, 0.717) is 11.3 Å². The molecule has 8 heteroatoms. The Balaban J connectivity index is 1.97. The van der Waals surface area contributed by atoms with E-state index < -0.39 is 10.0 Å². The maximum Gasteiger partial charge on any atom is 0.263 e. The van der Waals surface area contributed by atoms with Gasteiger partial charge in [-0.1, -0.05) is 0 Å². The van der Waals surface area contributed by atoms with Gasteiger partial charge in [0.15, 0.2) is 5.65 Å². The molecule has 3 aromatic heterocycles. The van der Waals surface area contributed by atoms with Crippen LogP contribution in [0, 0.1) is 6.92 Å². The van der Waals surface area contributed by atoms with Crippen LogP contribution in [-0.4, -0.2) is 28.0 Å². The first-order chi connectivity index (χ1) is 9.56. The molecule has 0 radical (unpaired) electrons. The Morgan fingerprint density at radius 3 is 2.85 bits per heavy atom. The lowest BCUT2D eigenvalue weighted by Gasteiger charge is -2.07. The molecule has 20 heavy (non-hydrogen) atoms. The lowest BCUT2D eigenvalue weighted by molar-refractivity contribution is 0.600. The van der Waals surface area contributed by atoms with Gasteiger partial charge >= 0.3 is 0 Å². The first-order valence-corrected chi connectivity index (χ1v) is 7.27. The van der Waals surface area contributed by atoms with E-state index in [1.165, 1.54) is 29.2 Å². The zero-order chi connectivity index (χ0) is 14.2. The number of anilines is 1. The van der Waals surface area contributed by atoms with Crippen molar-refractivity contribution in [3.63, 3.8) is 0 Å². The van der Waals surface area contributed by atoms with Gasteiger partial charge in [0.2, 0.25) is 0 Å². The molecule has 0 spiro atoms. The first-order valence-electron chi connectivity index (χ1n) is 5.79. The first kappa shape index (κ1) is 12.5. The van der Waals surface area contributed by atoms with Crippen LogP contribution in [-0.2, 0) is 10.0 Å². The van der Waals surface area contributed by atoms with Crippen molar-refractivity contribution in [2.75, 3.05) is 4.72 Å². The molecule has 0 aliphatic carbocycles. The number of rotatable bonds is 3. The molecule has 0 saturated carbocycles. The van der Waals surface area contributed by atoms with Crippen molar-refractivity contribution in [2.45, 2.75) is 11.8 Å². The number of aryl methyl sites for hydroxylation is 1. The van der Waals surface area contributed by atoms with Gasteiger partial charge in [-0.25, -0.2) is 17.9 Å². The van der Waals surface area contributed by atoms with E-state index in [1.54, 1.807) is 18.5 Å². The Morgan fingerprint density at radius 2 is 2.10 bits per heavy atom. The van der Waals surface area contributed by atoms with E-state index in [-0.39, 0.29) is 4.90 Å². The van der Waals surface area contributed by atoms with E-state index in [2.05, 4.69) is 19.8 Å². The summed E-state index contributed by atoms with van der Waals surface area (Å²) in [4.78, 5) is 8.06. The molecule has 0 aromatic carbocycles. The molecule has 3 rings (SSSR count). The second-order valence-corrected chi connectivity index (χ2v) is 5.92. The second-order valence-electron chi connectivity index (χ2n) is 4.23. The molecule has 3 aromatic rings. The number of hydrogen-bond donors (Lipinski definition) is 1. The topological polar surface area (TPSA) is 89.2 Å². The number of pyridine rings is 1. The summed E-state index contributed by atoms with van der Waals surface area (Å²) in [6.45, 7) is 1.88. The van der Waals surface area contributed by atoms with Crippen LogP contribution in [0.1, 0.15) is 5.56 Å². The van der Waals surface area contributed by atoms with Crippen molar-refractivity contribution < 1.29 is 8.42 Å². The van der Waals surface area contributed by atoms with Crippen LogP contribution in [0.25, 0.3) is 5.65 Å². The summed E-state index contributed by atoms with van der Waals surface area (Å²) in [5.74, 6) is 0. The SMILES string of the molecule is Cc1cnn2cc(NS(=O)(=O)c3cccnc3)cnc12. The fourth-order valence-corrected chi connectivity index (χ4v) is 2.76. The predicted octanol–water partition coefficient (Wildman–Crippen LogP) is 1.23. The van der Waals surface area contributed by atoms with E-state index >= 15 is 0 Å². The third kappa shape index (κ3) is 2.21. The lowest BCUT2D eigenvalue weighted by Crippen LogP contribution is -2.13. The highest BCUT2D eigenvalue weighted by Gasteiger charge is 2.14. The van der Waals surface area contributed by atoms with E-state index in [9.17, 15) is 8.42 Å². The number of sulfonamides is 1. The fraction of sp³-hybridized carbons (Fsp3) is 0.0833. The molecule has 3 heterocycles. The highest BCUT2D eigenvalue weighted by Crippen LogP contribution is 2.15. The standard InChI is InChI=1S/C12H11N5O2S/c1-9-5-15-17-8-10(6-14-12(9)17)16-20(18,19)11-3-2-4-13-7-11/h2-8,16H,1H3. The number of fused-ring (bicyclic) bond motifs is 1. The van der Waals surface area contributed by atoms with Gasteiger partial charge in [-0.3, -0.25) is 9.71 Å². The lowest BCUT2D eigenvalue weighted by atomic mass is 10.4. The number of hydrogen-bond acceptors (Lipinski definition) is 5. The summed E-state index contributed by atoms with van der Waals surface area (Å²) < 4.78 is 28.2. The minimum atomic E-state index is -3.67. The van der Waals surface area contributed by atoms with Crippen molar-refractivity contribution >= 4 is 21.4 Å². The maximum absolute atomic E-state index is 12.1. The van der Waals surface area contributed by atoms with Gasteiger partial charge in [0.25, 0.3) is 10.0 Å². The average molecular weight is 289 g/mol. The van der Waals surface area contributed by atoms with Crippen molar-refractivity contribution in [1.29, 1.82) is 0 Å². The quantitative estimate of drug-likeness (QED) is 0.783. The average Bonchev–Trinajstić information content (AvgIpc) is 2.80. The van der Waals surface area contributed by atoms with Gasteiger partial charge in [0, 0.05) is 18.0 Å². The Hall–Kier alpha value is -2.48. The molecule has 0 unspecified atom stereocenters. The molecule has 0 saturated heterocycles. The fourth-order valence-electron chi connectivity index (χ4n) is 1.77. The molecule has 0 fully saturated rings. The smallest absolute Gasteiger partial charge is 0.263 e. The summed E-state index contributed by atoms with van der Waals surface area (Å²) in [6.07, 6.45) is 7.49. The Labute approximate surface area is 115 Å². The molecule has 0 aliphatic heterocycles. The van der Waals surface area contributed by atoms with Gasteiger partial charge < -0.3 is 0 Å². The maximum atomic E-state index is 12.1. The van der Waals surface area contributed by atoms with E-state index in [4.69, 9.17) is 0 Å². The predicted molar refractivity (Wildman–Crippen MR) is 72.8 cm³/mol. The van der Waals surface area contributed by atoms with Gasteiger partial charge in [-0.15, -0.1) is 0 Å². The third-order valence-electron chi connectivity index (χ3n) is 2.73. The number of nitrogens with zero attached hydrogens (tertiary/aromatic N) is 4. The van der Waals surface area contributed by atoms with Crippen LogP contribution >= 0.6 is 0 Å². The van der Waals surface area contributed by atoms with Crippen LogP contribution in [0.3, 0.4) is 0 Å². The summed E-state index contributed by atoms with van der Waals surface area (Å²) >= 11 is 0. The normalized spacial score (nSPS) is 11.7. The highest BCUT2D eigenvalue weighted by atomic mass is 32.2.